The zero-order chi connectivity index (χ0) is 15.1. The quantitative estimate of drug-likeness (QED) is 0.319. The van der Waals surface area contributed by atoms with Gasteiger partial charge in [0.1, 0.15) is 18.3 Å². The summed E-state index contributed by atoms with van der Waals surface area (Å²) in [5.74, 6) is -0.499. The predicted octanol–water partition coefficient (Wildman–Crippen LogP) is -2.75. The lowest BCUT2D eigenvalue weighted by molar-refractivity contribution is -0.113. The van der Waals surface area contributed by atoms with Crippen molar-refractivity contribution >= 4 is 5.91 Å². The monoisotopic (exact) mass is 286 g/mol. The van der Waals surface area contributed by atoms with E-state index in [1.54, 1.807) is 6.07 Å². The van der Waals surface area contributed by atoms with E-state index in [1.807, 2.05) is 0 Å². The van der Waals surface area contributed by atoms with Crippen LogP contribution in [0.5, 0.6) is 0 Å². The van der Waals surface area contributed by atoms with E-state index >= 15 is 0 Å². The number of carbonyl (C=O) groups excluding carboxylic acids is 1. The van der Waals surface area contributed by atoms with Gasteiger partial charge in [0, 0.05) is 18.9 Å². The van der Waals surface area contributed by atoms with E-state index in [-0.39, 0.29) is 12.1 Å². The summed E-state index contributed by atoms with van der Waals surface area (Å²) in [7, 11) is 0. The van der Waals surface area contributed by atoms with Crippen LogP contribution >= 0.6 is 0 Å². The fourth-order valence-electron chi connectivity index (χ4n) is 1.48. The molecule has 1 amide bonds. The molecule has 1 aromatic rings. The molecule has 0 saturated carbocycles. The summed E-state index contributed by atoms with van der Waals surface area (Å²) >= 11 is 0. The second kappa shape index (κ2) is 7.88. The van der Waals surface area contributed by atoms with E-state index in [2.05, 4.69) is 10.3 Å². The molecule has 0 fully saturated rings. The lowest BCUT2D eigenvalue weighted by Gasteiger charge is -2.25. The molecule has 112 valence electrons. The molecule has 0 radical (unpaired) electrons. The number of amides is 1. The third kappa shape index (κ3) is 4.51. The van der Waals surface area contributed by atoms with E-state index in [1.165, 1.54) is 18.5 Å². The van der Waals surface area contributed by atoms with Crippen LogP contribution in [0.1, 0.15) is 10.4 Å². The number of nitrogens with one attached hydrogen (secondary N) is 1. The van der Waals surface area contributed by atoms with Crippen LogP contribution < -0.4 is 5.32 Å². The van der Waals surface area contributed by atoms with Crippen molar-refractivity contribution in [3.63, 3.8) is 0 Å². The molecular weight excluding hydrogens is 268 g/mol. The van der Waals surface area contributed by atoms with Crippen LogP contribution in [-0.4, -0.2) is 74.0 Å². The smallest absolute Gasteiger partial charge is 0.252 e. The Morgan fingerprint density at radius 1 is 1.20 bits per heavy atom. The largest absolute Gasteiger partial charge is 0.394 e. The SMILES string of the molecule is O=C(NC[C@H](O)[C@@H](O)[C@H](O)[C@H](O)CO)c1cccnc1. The lowest BCUT2D eigenvalue weighted by Crippen LogP contribution is -2.49. The number of aliphatic hydroxyl groups is 5. The number of rotatable bonds is 7. The fraction of sp³-hybridized carbons (Fsp3) is 0.500. The van der Waals surface area contributed by atoms with E-state index in [9.17, 15) is 20.1 Å². The normalized spacial score (nSPS) is 17.1. The van der Waals surface area contributed by atoms with Gasteiger partial charge in [0.25, 0.3) is 5.91 Å². The topological polar surface area (TPSA) is 143 Å². The van der Waals surface area contributed by atoms with Crippen molar-refractivity contribution in [2.45, 2.75) is 24.4 Å². The van der Waals surface area contributed by atoms with Crippen LogP contribution in [0.4, 0.5) is 0 Å². The Kier molecular flexibility index (Phi) is 6.49. The molecule has 0 saturated heterocycles. The van der Waals surface area contributed by atoms with Crippen molar-refractivity contribution in [3.8, 4) is 0 Å². The number of nitrogens with zero attached hydrogens (tertiary/aromatic N) is 1. The van der Waals surface area contributed by atoms with Gasteiger partial charge in [-0.05, 0) is 12.1 Å². The summed E-state index contributed by atoms with van der Waals surface area (Å²) in [5.41, 5.74) is 0.283. The molecule has 8 nitrogen and oxygen atoms in total. The summed E-state index contributed by atoms with van der Waals surface area (Å²) in [6.45, 7) is -1.09. The van der Waals surface area contributed by atoms with Crippen molar-refractivity contribution in [1.82, 2.24) is 10.3 Å². The third-order valence-corrected chi connectivity index (χ3v) is 2.72. The van der Waals surface area contributed by atoms with Crippen molar-refractivity contribution in [3.05, 3.63) is 30.1 Å². The molecule has 20 heavy (non-hydrogen) atoms. The average Bonchev–Trinajstić information content (AvgIpc) is 2.50. The zero-order valence-corrected chi connectivity index (χ0v) is 10.6. The minimum atomic E-state index is -1.72. The number of carbonyl (C=O) groups is 1. The molecule has 0 bridgehead atoms. The van der Waals surface area contributed by atoms with Crippen molar-refractivity contribution in [1.29, 1.82) is 0 Å². The Labute approximate surface area is 115 Å². The van der Waals surface area contributed by atoms with Gasteiger partial charge in [0.2, 0.25) is 0 Å². The highest BCUT2D eigenvalue weighted by molar-refractivity contribution is 5.93. The first-order valence-corrected chi connectivity index (χ1v) is 5.98. The summed E-state index contributed by atoms with van der Waals surface area (Å²) in [6.07, 6.45) is -3.65. The van der Waals surface area contributed by atoms with Gasteiger partial charge in [-0.15, -0.1) is 0 Å². The van der Waals surface area contributed by atoms with Crippen LogP contribution in [0.15, 0.2) is 24.5 Å². The first kappa shape index (κ1) is 16.5. The first-order valence-electron chi connectivity index (χ1n) is 5.98. The summed E-state index contributed by atoms with van der Waals surface area (Å²) in [6, 6.07) is 3.09. The van der Waals surface area contributed by atoms with E-state index in [0.29, 0.717) is 0 Å². The van der Waals surface area contributed by atoms with Gasteiger partial charge in [-0.2, -0.15) is 0 Å². The molecular formula is C12H18N2O6. The molecule has 1 rings (SSSR count). The van der Waals surface area contributed by atoms with Gasteiger partial charge in [-0.25, -0.2) is 0 Å². The number of aliphatic hydroxyl groups excluding tert-OH is 5. The lowest BCUT2D eigenvalue weighted by atomic mass is 10.0. The Morgan fingerprint density at radius 3 is 2.40 bits per heavy atom. The second-order valence-electron chi connectivity index (χ2n) is 4.25. The zero-order valence-electron chi connectivity index (χ0n) is 10.6. The van der Waals surface area contributed by atoms with Crippen LogP contribution in [-0.2, 0) is 0 Å². The molecule has 1 aromatic heterocycles. The molecule has 0 spiro atoms. The van der Waals surface area contributed by atoms with Crippen LogP contribution in [0, 0.1) is 0 Å². The number of aromatic nitrogens is 1. The minimum Gasteiger partial charge on any atom is -0.394 e. The summed E-state index contributed by atoms with van der Waals surface area (Å²) in [5, 5.41) is 48.6. The van der Waals surface area contributed by atoms with E-state index < -0.39 is 36.9 Å². The van der Waals surface area contributed by atoms with Gasteiger partial charge >= 0.3 is 0 Å². The van der Waals surface area contributed by atoms with Crippen LogP contribution in [0.3, 0.4) is 0 Å². The maximum Gasteiger partial charge on any atom is 0.252 e. The molecule has 0 aliphatic carbocycles. The molecule has 4 atom stereocenters. The number of pyridine rings is 1. The molecule has 6 N–H and O–H groups in total. The third-order valence-electron chi connectivity index (χ3n) is 2.72. The Hall–Kier alpha value is -1.58. The second-order valence-corrected chi connectivity index (χ2v) is 4.25. The summed E-state index contributed by atoms with van der Waals surface area (Å²) < 4.78 is 0. The molecule has 1 heterocycles. The molecule has 8 heteroatoms. The fourth-order valence-corrected chi connectivity index (χ4v) is 1.48. The van der Waals surface area contributed by atoms with Crippen molar-refractivity contribution in [2.75, 3.05) is 13.2 Å². The molecule has 0 aliphatic heterocycles. The van der Waals surface area contributed by atoms with Crippen LogP contribution in [0.2, 0.25) is 0 Å². The standard InChI is InChI=1S/C12H18N2O6/c15-6-9(17)11(19)10(18)8(16)5-14-12(20)7-2-1-3-13-4-7/h1-4,8-11,15-19H,5-6H2,(H,14,20)/t8-,9+,10+,11+/m0/s1. The van der Waals surface area contributed by atoms with E-state index in [4.69, 9.17) is 10.2 Å². The highest BCUT2D eigenvalue weighted by Crippen LogP contribution is 2.05. The highest BCUT2D eigenvalue weighted by atomic mass is 16.4. The van der Waals surface area contributed by atoms with Crippen LogP contribution in [0.25, 0.3) is 0 Å². The molecule has 0 unspecified atom stereocenters. The van der Waals surface area contributed by atoms with Gasteiger partial charge in [-0.1, -0.05) is 0 Å². The minimum absolute atomic E-state index is 0.283. The molecule has 0 aliphatic rings. The van der Waals surface area contributed by atoms with Gasteiger partial charge in [-0.3, -0.25) is 9.78 Å². The van der Waals surface area contributed by atoms with E-state index in [0.717, 1.165) is 0 Å². The molecule has 0 aromatic carbocycles. The predicted molar refractivity (Wildman–Crippen MR) is 67.7 cm³/mol. The van der Waals surface area contributed by atoms with Gasteiger partial charge < -0.3 is 30.8 Å². The Balaban J connectivity index is 2.47. The van der Waals surface area contributed by atoms with Gasteiger partial charge in [0.15, 0.2) is 0 Å². The van der Waals surface area contributed by atoms with Gasteiger partial charge in [0.05, 0.1) is 18.3 Å². The highest BCUT2D eigenvalue weighted by Gasteiger charge is 2.30. The number of hydrogen-bond donors (Lipinski definition) is 6. The Morgan fingerprint density at radius 2 is 1.85 bits per heavy atom. The Bertz CT molecular complexity index is 416. The van der Waals surface area contributed by atoms with Crippen molar-refractivity contribution in [2.24, 2.45) is 0 Å². The van der Waals surface area contributed by atoms with Crippen molar-refractivity contribution < 1.29 is 30.3 Å². The summed E-state index contributed by atoms with van der Waals surface area (Å²) in [4.78, 5) is 15.4. The first-order chi connectivity index (χ1) is 9.47. The number of hydrogen-bond acceptors (Lipinski definition) is 7. The maximum absolute atomic E-state index is 11.6. The maximum atomic E-state index is 11.6. The average molecular weight is 286 g/mol.